The number of benzene rings is 1. The van der Waals surface area contributed by atoms with Crippen molar-refractivity contribution in [1.82, 2.24) is 5.32 Å². The van der Waals surface area contributed by atoms with Gasteiger partial charge in [0.05, 0.1) is 19.2 Å². The van der Waals surface area contributed by atoms with Crippen molar-refractivity contribution in [2.24, 2.45) is 0 Å². The Bertz CT molecular complexity index is 536. The lowest BCUT2D eigenvalue weighted by Crippen LogP contribution is -2.20. The van der Waals surface area contributed by atoms with Gasteiger partial charge in [-0.15, -0.1) is 0 Å². The Morgan fingerprint density at radius 3 is 2.85 bits per heavy atom. The molecule has 20 heavy (non-hydrogen) atoms. The van der Waals surface area contributed by atoms with Crippen LogP contribution in [0.25, 0.3) is 0 Å². The van der Waals surface area contributed by atoms with Crippen molar-refractivity contribution in [3.8, 4) is 5.75 Å². The molecule has 1 aromatic carbocycles. The molecule has 0 aliphatic heterocycles. The molecular weight excluding hydrogens is 258 g/mol. The Kier molecular flexibility index (Phi) is 5.20. The number of furan rings is 1. The summed E-state index contributed by atoms with van der Waals surface area (Å²) in [5, 5.41) is 3.17. The van der Waals surface area contributed by atoms with Crippen LogP contribution in [0.3, 0.4) is 0 Å². The third-order valence-electron chi connectivity index (χ3n) is 2.66. The van der Waals surface area contributed by atoms with Gasteiger partial charge in [-0.2, -0.15) is 0 Å². The number of ether oxygens (including phenoxy) is 2. The van der Waals surface area contributed by atoms with Crippen molar-refractivity contribution in [3.63, 3.8) is 0 Å². The second-order valence-corrected chi connectivity index (χ2v) is 4.13. The van der Waals surface area contributed by atoms with Gasteiger partial charge in [-0.25, -0.2) is 4.79 Å². The van der Waals surface area contributed by atoms with Crippen LogP contribution in [0.1, 0.15) is 16.1 Å². The molecule has 0 spiro atoms. The summed E-state index contributed by atoms with van der Waals surface area (Å²) in [5.74, 6) is 1.14. The van der Waals surface area contributed by atoms with Crippen LogP contribution in [-0.2, 0) is 11.3 Å². The fraction of sp³-hybridized carbons (Fsp3) is 0.267. The van der Waals surface area contributed by atoms with Gasteiger partial charge in [-0.3, -0.25) is 0 Å². The number of hydrogen-bond donors (Lipinski definition) is 1. The second kappa shape index (κ2) is 7.35. The number of methoxy groups -OCH3 is 1. The lowest BCUT2D eigenvalue weighted by molar-refractivity contribution is 0.0600. The van der Waals surface area contributed by atoms with Crippen LogP contribution >= 0.6 is 0 Å². The van der Waals surface area contributed by atoms with E-state index in [0.717, 1.165) is 5.75 Å². The van der Waals surface area contributed by atoms with Crippen molar-refractivity contribution < 1.29 is 18.7 Å². The molecule has 0 saturated heterocycles. The summed E-state index contributed by atoms with van der Waals surface area (Å²) in [6.45, 7) is 1.78. The lowest BCUT2D eigenvalue weighted by Gasteiger charge is -2.06. The Hall–Kier alpha value is -2.27. The number of carbonyl (C=O) groups excluding carboxylic acids is 1. The fourth-order valence-corrected chi connectivity index (χ4v) is 1.67. The topological polar surface area (TPSA) is 60.7 Å². The third-order valence-corrected chi connectivity index (χ3v) is 2.66. The smallest absolute Gasteiger partial charge is 0.341 e. The predicted octanol–water partition coefficient (Wildman–Crippen LogP) is 2.23. The highest BCUT2D eigenvalue weighted by atomic mass is 16.5. The van der Waals surface area contributed by atoms with Crippen molar-refractivity contribution in [2.45, 2.75) is 6.54 Å². The van der Waals surface area contributed by atoms with Gasteiger partial charge in [0.15, 0.2) is 0 Å². The molecule has 0 radical (unpaired) electrons. The van der Waals surface area contributed by atoms with Gasteiger partial charge in [-0.05, 0) is 18.2 Å². The minimum Gasteiger partial charge on any atom is -0.492 e. The van der Waals surface area contributed by atoms with Crippen molar-refractivity contribution >= 4 is 5.97 Å². The molecule has 2 aromatic rings. The highest BCUT2D eigenvalue weighted by Crippen LogP contribution is 2.09. The number of rotatable bonds is 7. The zero-order chi connectivity index (χ0) is 14.2. The normalized spacial score (nSPS) is 10.2. The van der Waals surface area contributed by atoms with Crippen LogP contribution in [0.2, 0.25) is 0 Å². The Morgan fingerprint density at radius 2 is 2.10 bits per heavy atom. The predicted molar refractivity (Wildman–Crippen MR) is 73.7 cm³/mol. The molecule has 0 unspecified atom stereocenters. The summed E-state index contributed by atoms with van der Waals surface area (Å²) >= 11 is 0. The zero-order valence-electron chi connectivity index (χ0n) is 11.3. The molecule has 5 heteroatoms. The van der Waals surface area contributed by atoms with Crippen LogP contribution in [0, 0.1) is 0 Å². The number of carbonyl (C=O) groups is 1. The van der Waals surface area contributed by atoms with E-state index in [1.165, 1.54) is 13.4 Å². The molecule has 1 heterocycles. The van der Waals surface area contributed by atoms with Gasteiger partial charge in [0.1, 0.15) is 24.4 Å². The molecule has 0 fully saturated rings. The lowest BCUT2D eigenvalue weighted by atomic mass is 10.3. The summed E-state index contributed by atoms with van der Waals surface area (Å²) in [5.41, 5.74) is 0.421. The van der Waals surface area contributed by atoms with E-state index < -0.39 is 5.97 Å². The fourth-order valence-electron chi connectivity index (χ4n) is 1.67. The number of hydrogen-bond acceptors (Lipinski definition) is 5. The first-order chi connectivity index (χ1) is 9.79. The monoisotopic (exact) mass is 275 g/mol. The van der Waals surface area contributed by atoms with E-state index in [-0.39, 0.29) is 0 Å². The summed E-state index contributed by atoms with van der Waals surface area (Å²) < 4.78 is 15.4. The molecule has 1 N–H and O–H groups in total. The van der Waals surface area contributed by atoms with E-state index in [0.29, 0.717) is 31.0 Å². The zero-order valence-corrected chi connectivity index (χ0v) is 11.3. The number of esters is 1. The molecule has 0 amide bonds. The number of nitrogens with one attached hydrogen (secondary N) is 1. The van der Waals surface area contributed by atoms with Crippen LogP contribution in [0.4, 0.5) is 0 Å². The Morgan fingerprint density at radius 1 is 1.30 bits per heavy atom. The van der Waals surface area contributed by atoms with Gasteiger partial charge in [0, 0.05) is 6.54 Å². The average molecular weight is 275 g/mol. The summed E-state index contributed by atoms with van der Waals surface area (Å²) in [6.07, 6.45) is 1.39. The third kappa shape index (κ3) is 4.13. The SMILES string of the molecule is COC(=O)c1coc(CNCCOc2ccccc2)c1. The van der Waals surface area contributed by atoms with E-state index in [1.807, 2.05) is 30.3 Å². The Balaban J connectivity index is 1.66. The van der Waals surface area contributed by atoms with E-state index in [2.05, 4.69) is 10.1 Å². The van der Waals surface area contributed by atoms with Crippen LogP contribution in [-0.4, -0.2) is 26.2 Å². The molecule has 0 aliphatic carbocycles. The maximum absolute atomic E-state index is 11.2. The summed E-state index contributed by atoms with van der Waals surface area (Å²) in [7, 11) is 1.34. The molecule has 1 aromatic heterocycles. The van der Waals surface area contributed by atoms with E-state index in [4.69, 9.17) is 9.15 Å². The molecule has 5 nitrogen and oxygen atoms in total. The minimum absolute atomic E-state index is 0.396. The molecule has 0 atom stereocenters. The van der Waals surface area contributed by atoms with Crippen molar-refractivity contribution in [2.75, 3.05) is 20.3 Å². The van der Waals surface area contributed by atoms with E-state index >= 15 is 0 Å². The molecule has 0 aliphatic rings. The minimum atomic E-state index is -0.396. The van der Waals surface area contributed by atoms with Gasteiger partial charge in [0.2, 0.25) is 0 Å². The first kappa shape index (κ1) is 14.1. The average Bonchev–Trinajstić information content (AvgIpc) is 2.96. The standard InChI is InChI=1S/C15H17NO4/c1-18-15(17)12-9-14(20-11-12)10-16-7-8-19-13-5-3-2-4-6-13/h2-6,9,11,16H,7-8,10H2,1H3. The maximum atomic E-state index is 11.2. The maximum Gasteiger partial charge on any atom is 0.341 e. The van der Waals surface area contributed by atoms with Crippen LogP contribution < -0.4 is 10.1 Å². The first-order valence-corrected chi connectivity index (χ1v) is 6.34. The molecule has 106 valence electrons. The van der Waals surface area contributed by atoms with Crippen LogP contribution in [0.5, 0.6) is 5.75 Å². The molecule has 2 rings (SSSR count). The van der Waals surface area contributed by atoms with Gasteiger partial charge >= 0.3 is 5.97 Å². The molecule has 0 bridgehead atoms. The van der Waals surface area contributed by atoms with Gasteiger partial charge in [0.25, 0.3) is 0 Å². The largest absolute Gasteiger partial charge is 0.492 e. The number of para-hydroxylation sites is 1. The van der Waals surface area contributed by atoms with Crippen molar-refractivity contribution in [1.29, 1.82) is 0 Å². The van der Waals surface area contributed by atoms with E-state index in [9.17, 15) is 4.79 Å². The molecular formula is C15H17NO4. The second-order valence-electron chi connectivity index (χ2n) is 4.13. The highest BCUT2D eigenvalue weighted by molar-refractivity contribution is 5.88. The van der Waals surface area contributed by atoms with Gasteiger partial charge < -0.3 is 19.2 Å². The Labute approximate surface area is 117 Å². The summed E-state index contributed by atoms with van der Waals surface area (Å²) in [4.78, 5) is 11.2. The van der Waals surface area contributed by atoms with Crippen molar-refractivity contribution in [3.05, 3.63) is 54.0 Å². The van der Waals surface area contributed by atoms with Gasteiger partial charge in [-0.1, -0.05) is 18.2 Å². The first-order valence-electron chi connectivity index (χ1n) is 6.34. The van der Waals surface area contributed by atoms with Crippen LogP contribution in [0.15, 0.2) is 47.1 Å². The quantitative estimate of drug-likeness (QED) is 0.620. The molecule has 0 saturated carbocycles. The van der Waals surface area contributed by atoms with E-state index in [1.54, 1.807) is 6.07 Å². The highest BCUT2D eigenvalue weighted by Gasteiger charge is 2.09. The summed E-state index contributed by atoms with van der Waals surface area (Å²) in [6, 6.07) is 11.3.